The average Bonchev–Trinajstić information content (AvgIpc) is 2.28. The Hall–Kier alpha value is -0.770. The minimum Gasteiger partial charge on any atom is -0.497 e. The monoisotopic (exact) mass is 244 g/mol. The summed E-state index contributed by atoms with van der Waals surface area (Å²) in [6, 6.07) is 5.35. The molecule has 2 N–H and O–H groups in total. The van der Waals surface area contributed by atoms with Crippen LogP contribution in [0.15, 0.2) is 18.2 Å². The van der Waals surface area contributed by atoms with Crippen LogP contribution in [0.1, 0.15) is 23.7 Å². The smallest absolute Gasteiger partial charge is 0.119 e. The van der Waals surface area contributed by atoms with Gasteiger partial charge < -0.3 is 14.9 Å². The Balaban J connectivity index is 2.87. The number of aryl methyl sites for hydroxylation is 1. The van der Waals surface area contributed by atoms with E-state index in [0.717, 1.165) is 11.3 Å². The Labute approximate surface area is 101 Å². The molecule has 0 saturated carbocycles. The van der Waals surface area contributed by atoms with Gasteiger partial charge in [0, 0.05) is 5.88 Å². The van der Waals surface area contributed by atoms with Gasteiger partial charge in [-0.3, -0.25) is 0 Å². The number of halogens is 1. The van der Waals surface area contributed by atoms with E-state index in [2.05, 4.69) is 0 Å². The van der Waals surface area contributed by atoms with Gasteiger partial charge in [-0.2, -0.15) is 0 Å². The third-order valence-corrected chi connectivity index (χ3v) is 2.78. The van der Waals surface area contributed by atoms with Crippen LogP contribution >= 0.6 is 11.6 Å². The molecule has 0 radical (unpaired) electrons. The van der Waals surface area contributed by atoms with Gasteiger partial charge in [-0.05, 0) is 36.6 Å². The maximum atomic E-state index is 9.92. The topological polar surface area (TPSA) is 49.7 Å². The molecular formula is C12H17ClO3. The van der Waals surface area contributed by atoms with Crippen LogP contribution in [0.2, 0.25) is 0 Å². The zero-order valence-corrected chi connectivity index (χ0v) is 10.2. The standard InChI is InChI=1S/C12H17ClO3/c1-8-7-9(16-2)3-4-10(8)12(15)11(14)5-6-13/h3-4,7,11-12,14-15H,5-6H2,1-2H3. The first kappa shape index (κ1) is 13.3. The number of benzene rings is 1. The van der Waals surface area contributed by atoms with Crippen molar-refractivity contribution in [3.05, 3.63) is 29.3 Å². The second-order valence-corrected chi connectivity index (χ2v) is 4.09. The molecule has 0 spiro atoms. The van der Waals surface area contributed by atoms with E-state index in [1.54, 1.807) is 19.2 Å². The van der Waals surface area contributed by atoms with Crippen molar-refractivity contribution in [1.29, 1.82) is 0 Å². The number of aliphatic hydroxyl groups excluding tert-OH is 2. The molecule has 1 rings (SSSR count). The van der Waals surface area contributed by atoms with E-state index in [1.807, 2.05) is 13.0 Å². The molecule has 4 heteroatoms. The summed E-state index contributed by atoms with van der Waals surface area (Å²) in [5.74, 6) is 1.06. The fraction of sp³-hybridized carbons (Fsp3) is 0.500. The Morgan fingerprint density at radius 3 is 2.56 bits per heavy atom. The summed E-state index contributed by atoms with van der Waals surface area (Å²) in [6.45, 7) is 1.87. The van der Waals surface area contributed by atoms with Gasteiger partial charge in [0.05, 0.1) is 13.2 Å². The highest BCUT2D eigenvalue weighted by atomic mass is 35.5. The number of alkyl halides is 1. The zero-order chi connectivity index (χ0) is 12.1. The van der Waals surface area contributed by atoms with Crippen LogP contribution in [0.3, 0.4) is 0 Å². The lowest BCUT2D eigenvalue weighted by atomic mass is 9.98. The van der Waals surface area contributed by atoms with Crippen LogP contribution in [0.25, 0.3) is 0 Å². The molecule has 0 heterocycles. The molecule has 0 fully saturated rings. The molecule has 3 nitrogen and oxygen atoms in total. The summed E-state index contributed by atoms with van der Waals surface area (Å²) < 4.78 is 5.07. The lowest BCUT2D eigenvalue weighted by molar-refractivity contribution is 0.0166. The minimum atomic E-state index is -0.898. The molecule has 2 unspecified atom stereocenters. The maximum Gasteiger partial charge on any atom is 0.119 e. The SMILES string of the molecule is COc1ccc(C(O)C(O)CCCl)c(C)c1. The number of methoxy groups -OCH3 is 1. The summed E-state index contributed by atoms with van der Waals surface area (Å²) in [6.07, 6.45) is -1.36. The van der Waals surface area contributed by atoms with Gasteiger partial charge in [0.2, 0.25) is 0 Å². The van der Waals surface area contributed by atoms with E-state index >= 15 is 0 Å². The van der Waals surface area contributed by atoms with Crippen molar-refractivity contribution in [2.45, 2.75) is 25.6 Å². The van der Waals surface area contributed by atoms with Gasteiger partial charge in [0.15, 0.2) is 0 Å². The highest BCUT2D eigenvalue weighted by Gasteiger charge is 2.19. The van der Waals surface area contributed by atoms with Gasteiger partial charge >= 0.3 is 0 Å². The van der Waals surface area contributed by atoms with Gasteiger partial charge in [-0.1, -0.05) is 6.07 Å². The Bertz CT molecular complexity index is 341. The number of ether oxygens (including phenoxy) is 1. The molecule has 1 aromatic rings. The van der Waals surface area contributed by atoms with Crippen molar-refractivity contribution in [3.8, 4) is 5.75 Å². The molecule has 0 aliphatic carbocycles. The van der Waals surface area contributed by atoms with Crippen molar-refractivity contribution in [2.75, 3.05) is 13.0 Å². The van der Waals surface area contributed by atoms with Gasteiger partial charge in [0.1, 0.15) is 11.9 Å². The van der Waals surface area contributed by atoms with Crippen molar-refractivity contribution in [3.63, 3.8) is 0 Å². The quantitative estimate of drug-likeness (QED) is 0.780. The fourth-order valence-corrected chi connectivity index (χ4v) is 1.81. The van der Waals surface area contributed by atoms with Crippen LogP contribution in [0.5, 0.6) is 5.75 Å². The average molecular weight is 245 g/mol. The van der Waals surface area contributed by atoms with Crippen LogP contribution in [0.4, 0.5) is 0 Å². The molecule has 0 aliphatic heterocycles. The Kier molecular flexibility index (Phi) is 5.06. The van der Waals surface area contributed by atoms with Crippen molar-refractivity contribution < 1.29 is 14.9 Å². The first-order chi connectivity index (χ1) is 7.60. The number of rotatable bonds is 5. The van der Waals surface area contributed by atoms with E-state index in [9.17, 15) is 10.2 Å². The summed E-state index contributed by atoms with van der Waals surface area (Å²) >= 11 is 5.52. The van der Waals surface area contributed by atoms with Crippen molar-refractivity contribution in [2.24, 2.45) is 0 Å². The highest BCUT2D eigenvalue weighted by Crippen LogP contribution is 2.25. The summed E-state index contributed by atoms with van der Waals surface area (Å²) in [4.78, 5) is 0. The lowest BCUT2D eigenvalue weighted by Gasteiger charge is -2.19. The molecule has 0 aromatic heterocycles. The van der Waals surface area contributed by atoms with Crippen LogP contribution < -0.4 is 4.74 Å². The molecule has 0 aliphatic rings. The molecule has 2 atom stereocenters. The number of aliphatic hydroxyl groups is 2. The van der Waals surface area contributed by atoms with Gasteiger partial charge in [0.25, 0.3) is 0 Å². The molecule has 0 saturated heterocycles. The van der Waals surface area contributed by atoms with Gasteiger partial charge in [-0.25, -0.2) is 0 Å². The molecule has 0 amide bonds. The van der Waals surface area contributed by atoms with Crippen molar-refractivity contribution >= 4 is 11.6 Å². The zero-order valence-electron chi connectivity index (χ0n) is 9.48. The normalized spacial score (nSPS) is 14.6. The highest BCUT2D eigenvalue weighted by molar-refractivity contribution is 6.17. The third kappa shape index (κ3) is 3.11. The fourth-order valence-electron chi connectivity index (χ4n) is 1.58. The van der Waals surface area contributed by atoms with Crippen molar-refractivity contribution in [1.82, 2.24) is 0 Å². The van der Waals surface area contributed by atoms with Gasteiger partial charge in [-0.15, -0.1) is 11.6 Å². The molecule has 0 bridgehead atoms. The summed E-state index contributed by atoms with van der Waals surface area (Å²) in [5.41, 5.74) is 1.60. The van der Waals surface area contributed by atoms with E-state index in [-0.39, 0.29) is 0 Å². The van der Waals surface area contributed by atoms with Crippen LogP contribution in [-0.4, -0.2) is 29.3 Å². The predicted octanol–water partition coefficient (Wildman–Crippen LogP) is 2.03. The second-order valence-electron chi connectivity index (χ2n) is 3.71. The molecule has 1 aromatic carbocycles. The van der Waals surface area contributed by atoms with E-state index < -0.39 is 12.2 Å². The largest absolute Gasteiger partial charge is 0.497 e. The lowest BCUT2D eigenvalue weighted by Crippen LogP contribution is -2.19. The van der Waals surface area contributed by atoms with Crippen LogP contribution in [-0.2, 0) is 0 Å². The minimum absolute atomic E-state index is 0.327. The van der Waals surface area contributed by atoms with E-state index in [4.69, 9.17) is 16.3 Å². The number of hydrogen-bond donors (Lipinski definition) is 2. The van der Waals surface area contributed by atoms with E-state index in [0.29, 0.717) is 17.9 Å². The summed E-state index contributed by atoms with van der Waals surface area (Å²) in [7, 11) is 1.59. The Morgan fingerprint density at radius 1 is 1.38 bits per heavy atom. The molecule has 16 heavy (non-hydrogen) atoms. The second kappa shape index (κ2) is 6.09. The number of hydrogen-bond acceptors (Lipinski definition) is 3. The summed E-state index contributed by atoms with van der Waals surface area (Å²) in [5, 5.41) is 19.6. The van der Waals surface area contributed by atoms with E-state index in [1.165, 1.54) is 0 Å². The molecular weight excluding hydrogens is 228 g/mol. The molecule has 90 valence electrons. The first-order valence-corrected chi connectivity index (χ1v) is 5.70. The maximum absolute atomic E-state index is 9.92. The Morgan fingerprint density at radius 2 is 2.06 bits per heavy atom. The predicted molar refractivity (Wildman–Crippen MR) is 64.0 cm³/mol. The first-order valence-electron chi connectivity index (χ1n) is 5.16. The third-order valence-electron chi connectivity index (χ3n) is 2.56. The van der Waals surface area contributed by atoms with Crippen LogP contribution in [0, 0.1) is 6.92 Å².